The number of hydrogen-bond donors (Lipinski definition) is 6. The third-order valence-corrected chi connectivity index (χ3v) is 3.86. The number of aliphatic hydroxyl groups is 5. The van der Waals surface area contributed by atoms with Crippen LogP contribution in [0.3, 0.4) is 0 Å². The summed E-state index contributed by atoms with van der Waals surface area (Å²) in [5, 5.41) is 49.0. The van der Waals surface area contributed by atoms with Crippen molar-refractivity contribution in [3.05, 3.63) is 29.8 Å². The minimum absolute atomic E-state index is 0.133. The molecule has 2 rings (SSSR count). The van der Waals surface area contributed by atoms with Gasteiger partial charge in [0.15, 0.2) is 11.6 Å². The van der Waals surface area contributed by atoms with Gasteiger partial charge in [-0.15, -0.1) is 0 Å². The summed E-state index contributed by atoms with van der Waals surface area (Å²) in [7, 11) is 0. The summed E-state index contributed by atoms with van der Waals surface area (Å²) in [5.41, 5.74) is 6.43. The van der Waals surface area contributed by atoms with Crippen molar-refractivity contribution in [2.75, 3.05) is 6.61 Å². The van der Waals surface area contributed by atoms with Crippen molar-refractivity contribution >= 4 is 17.3 Å². The van der Waals surface area contributed by atoms with Crippen molar-refractivity contribution < 1.29 is 35.1 Å². The van der Waals surface area contributed by atoms with Crippen molar-refractivity contribution in [1.82, 2.24) is 0 Å². The number of rotatable bonds is 4. The molecule has 0 aliphatic carbocycles. The van der Waals surface area contributed by atoms with Crippen molar-refractivity contribution in [2.45, 2.75) is 37.1 Å². The first-order valence-corrected chi connectivity index (χ1v) is 7.21. The van der Waals surface area contributed by atoms with E-state index in [0.717, 1.165) is 0 Å². The van der Waals surface area contributed by atoms with Crippen LogP contribution in [0.5, 0.6) is 0 Å². The van der Waals surface area contributed by atoms with Crippen LogP contribution in [0.15, 0.2) is 29.3 Å². The molecule has 1 aliphatic rings. The quantitative estimate of drug-likeness (QED) is 0.209. The first-order chi connectivity index (χ1) is 11.2. The fraction of sp³-hybridized carbons (Fsp3) is 0.467. The lowest BCUT2D eigenvalue weighted by molar-refractivity contribution is -0.317. The van der Waals surface area contributed by atoms with Crippen molar-refractivity contribution in [2.24, 2.45) is 10.7 Å². The van der Waals surface area contributed by atoms with E-state index in [9.17, 15) is 25.2 Å². The molecule has 0 spiro atoms. The van der Waals surface area contributed by atoms with Crippen LogP contribution in [0.4, 0.5) is 5.69 Å². The summed E-state index contributed by atoms with van der Waals surface area (Å²) in [4.78, 5) is 15.1. The molecule has 1 aromatic carbocycles. The second kappa shape index (κ2) is 6.93. The molecule has 132 valence electrons. The molecule has 1 fully saturated rings. The molecular weight excluding hydrogens is 320 g/mol. The normalized spacial score (nSPS) is 34.2. The average Bonchev–Trinajstić information content (AvgIpc) is 2.56. The number of aliphatic imine (C=N–C) groups is 1. The molecule has 1 unspecified atom stereocenters. The maximum Gasteiger partial charge on any atom is 0.255 e. The highest BCUT2D eigenvalue weighted by atomic mass is 16.7. The number of nitrogens with zero attached hydrogens (tertiary/aromatic N) is 1. The fourth-order valence-corrected chi connectivity index (χ4v) is 2.36. The summed E-state index contributed by atoms with van der Waals surface area (Å²) >= 11 is 0. The molecule has 9 heteroatoms. The molecule has 5 atom stereocenters. The maximum absolute atomic E-state index is 11.2. The number of benzene rings is 1. The smallest absolute Gasteiger partial charge is 0.255 e. The Morgan fingerprint density at radius 3 is 2.33 bits per heavy atom. The van der Waals surface area contributed by atoms with Crippen LogP contribution in [-0.2, 0) is 4.74 Å². The van der Waals surface area contributed by atoms with Gasteiger partial charge in [0, 0.05) is 5.56 Å². The Morgan fingerprint density at radius 1 is 1.25 bits per heavy atom. The minimum Gasteiger partial charge on any atom is -0.394 e. The lowest BCUT2D eigenvalue weighted by Gasteiger charge is -2.44. The third-order valence-electron chi connectivity index (χ3n) is 3.86. The number of hydrogen-bond acceptors (Lipinski definition) is 8. The van der Waals surface area contributed by atoms with E-state index in [-0.39, 0.29) is 11.5 Å². The van der Waals surface area contributed by atoms with Gasteiger partial charge in [-0.1, -0.05) is 0 Å². The zero-order chi connectivity index (χ0) is 18.1. The number of ether oxygens (including phenoxy) is 1. The molecule has 1 saturated heterocycles. The summed E-state index contributed by atoms with van der Waals surface area (Å²) in [6, 6.07) is 5.95. The Hall–Kier alpha value is -1.88. The van der Waals surface area contributed by atoms with E-state index in [1.54, 1.807) is 0 Å². The van der Waals surface area contributed by atoms with Crippen molar-refractivity contribution in [3.8, 4) is 0 Å². The van der Waals surface area contributed by atoms with E-state index in [0.29, 0.717) is 5.56 Å². The molecule has 0 amide bonds. The minimum atomic E-state index is -2.59. The van der Waals surface area contributed by atoms with Crippen molar-refractivity contribution in [1.29, 1.82) is 0 Å². The number of ketones is 1. The molecule has 0 radical (unpaired) electrons. The molecule has 7 N–H and O–H groups in total. The van der Waals surface area contributed by atoms with E-state index in [1.165, 1.54) is 31.2 Å². The van der Waals surface area contributed by atoms with E-state index >= 15 is 0 Å². The number of nitrogens with two attached hydrogens (primary N) is 1. The first kappa shape index (κ1) is 18.5. The largest absolute Gasteiger partial charge is 0.394 e. The lowest BCUT2D eigenvalue weighted by Crippen LogP contribution is -2.69. The maximum atomic E-state index is 11.2. The van der Waals surface area contributed by atoms with Gasteiger partial charge in [-0.3, -0.25) is 4.79 Å². The second-order valence-electron chi connectivity index (χ2n) is 5.56. The SMILES string of the molecule is CC(=O)c1ccc(N=C(N)C2(O)O[C@H](CO)[C@H](O)[C@H](O)[C@H]2O)cc1. The number of carbonyl (C=O) groups excluding carboxylic acids is 1. The summed E-state index contributed by atoms with van der Waals surface area (Å²) < 4.78 is 5.05. The zero-order valence-corrected chi connectivity index (χ0v) is 12.9. The van der Waals surface area contributed by atoms with Crippen LogP contribution < -0.4 is 5.73 Å². The van der Waals surface area contributed by atoms with E-state index in [2.05, 4.69) is 4.99 Å². The predicted octanol–water partition coefficient (Wildman–Crippen LogP) is -1.96. The van der Waals surface area contributed by atoms with Gasteiger partial charge in [0.25, 0.3) is 5.79 Å². The highest BCUT2D eigenvalue weighted by Crippen LogP contribution is 2.29. The van der Waals surface area contributed by atoms with Crippen LogP contribution in [-0.4, -0.2) is 74.0 Å². The molecule has 1 heterocycles. The Morgan fingerprint density at radius 2 is 1.83 bits per heavy atom. The average molecular weight is 340 g/mol. The molecule has 1 aromatic rings. The Balaban J connectivity index is 2.31. The predicted molar refractivity (Wildman–Crippen MR) is 82.7 cm³/mol. The summed E-state index contributed by atoms with van der Waals surface area (Å²) in [5.74, 6) is -3.30. The van der Waals surface area contributed by atoms with Gasteiger partial charge in [-0.05, 0) is 31.2 Å². The van der Waals surface area contributed by atoms with Crippen LogP contribution in [0.25, 0.3) is 0 Å². The highest BCUT2D eigenvalue weighted by Gasteiger charge is 2.55. The molecule has 0 aromatic heterocycles. The van der Waals surface area contributed by atoms with Gasteiger partial charge >= 0.3 is 0 Å². The van der Waals surface area contributed by atoms with E-state index < -0.39 is 42.6 Å². The number of aliphatic hydroxyl groups excluding tert-OH is 4. The highest BCUT2D eigenvalue weighted by molar-refractivity contribution is 5.94. The molecule has 24 heavy (non-hydrogen) atoms. The van der Waals surface area contributed by atoms with Crippen LogP contribution in [0, 0.1) is 0 Å². The monoisotopic (exact) mass is 340 g/mol. The van der Waals surface area contributed by atoms with Gasteiger partial charge in [0.05, 0.1) is 12.3 Å². The van der Waals surface area contributed by atoms with Gasteiger partial charge in [0.2, 0.25) is 0 Å². The Kier molecular flexibility index (Phi) is 5.33. The number of carbonyl (C=O) groups is 1. The van der Waals surface area contributed by atoms with E-state index in [4.69, 9.17) is 15.6 Å². The van der Waals surface area contributed by atoms with Gasteiger partial charge in [0.1, 0.15) is 24.4 Å². The molecule has 1 aliphatic heterocycles. The zero-order valence-electron chi connectivity index (χ0n) is 12.9. The second-order valence-corrected chi connectivity index (χ2v) is 5.56. The number of amidine groups is 1. The van der Waals surface area contributed by atoms with Gasteiger partial charge in [-0.25, -0.2) is 4.99 Å². The molecular formula is C15H20N2O7. The fourth-order valence-electron chi connectivity index (χ4n) is 2.36. The summed E-state index contributed by atoms with van der Waals surface area (Å²) in [6.07, 6.45) is -6.74. The van der Waals surface area contributed by atoms with Crippen LogP contribution >= 0.6 is 0 Å². The molecule has 0 bridgehead atoms. The Labute approximate surface area is 137 Å². The first-order valence-electron chi connectivity index (χ1n) is 7.21. The topological polar surface area (TPSA) is 166 Å². The standard InChI is InChI=1S/C15H20N2O7/c1-7(19)8-2-4-9(5-3-8)17-14(16)15(23)13(22)12(21)11(20)10(6-18)24-15/h2-5,10-13,18,20-23H,6H2,1H3,(H2,16,17)/t10-,11+,12+,13-,15?/m1/s1. The number of Topliss-reactive ketones (excluding diaryl/α,β-unsaturated/α-hetero) is 1. The molecule has 0 saturated carbocycles. The lowest BCUT2D eigenvalue weighted by atomic mass is 9.92. The Bertz CT molecular complexity index is 631. The van der Waals surface area contributed by atoms with Crippen LogP contribution in [0.1, 0.15) is 17.3 Å². The van der Waals surface area contributed by atoms with E-state index in [1.807, 2.05) is 0 Å². The van der Waals surface area contributed by atoms with Gasteiger partial charge in [-0.2, -0.15) is 0 Å². The van der Waals surface area contributed by atoms with Crippen molar-refractivity contribution in [3.63, 3.8) is 0 Å². The molecule has 9 nitrogen and oxygen atoms in total. The summed E-state index contributed by atoms with van der Waals surface area (Å²) in [6.45, 7) is 0.692. The third kappa shape index (κ3) is 3.31. The van der Waals surface area contributed by atoms with Gasteiger partial charge < -0.3 is 36.0 Å². The van der Waals surface area contributed by atoms with Crippen LogP contribution in [0.2, 0.25) is 0 Å².